The van der Waals surface area contributed by atoms with Gasteiger partial charge in [0.2, 0.25) is 10.0 Å². The Morgan fingerprint density at radius 3 is 2.47 bits per heavy atom. The number of carbonyl (C=O) groups is 1. The van der Waals surface area contributed by atoms with E-state index >= 15 is 0 Å². The lowest BCUT2D eigenvalue weighted by Crippen LogP contribution is -2.24. The molecule has 9 heteroatoms. The van der Waals surface area contributed by atoms with Gasteiger partial charge in [-0.1, -0.05) is 32.9 Å². The van der Waals surface area contributed by atoms with E-state index in [-0.39, 0.29) is 28.2 Å². The second kappa shape index (κ2) is 9.05. The van der Waals surface area contributed by atoms with Crippen molar-refractivity contribution < 1.29 is 17.6 Å². The normalized spacial score (nSPS) is 11.9. The summed E-state index contributed by atoms with van der Waals surface area (Å²) in [6.45, 7) is 9.52. The SMILES string of the molecule is C=CCNS(=O)(=O)c1cccc(C(=O)Nc2cc(C(C)(C)C)nn2-c2ccc(F)cc2)c1. The largest absolute Gasteiger partial charge is 0.306 e. The highest BCUT2D eigenvalue weighted by Gasteiger charge is 2.22. The van der Waals surface area contributed by atoms with E-state index in [4.69, 9.17) is 0 Å². The highest BCUT2D eigenvalue weighted by molar-refractivity contribution is 7.89. The van der Waals surface area contributed by atoms with Gasteiger partial charge in [-0.25, -0.2) is 22.2 Å². The molecule has 3 rings (SSSR count). The summed E-state index contributed by atoms with van der Waals surface area (Å²) < 4.78 is 42.0. The molecule has 0 aliphatic heterocycles. The first-order valence-corrected chi connectivity index (χ1v) is 11.4. The molecule has 168 valence electrons. The first-order chi connectivity index (χ1) is 15.0. The van der Waals surface area contributed by atoms with Crippen LogP contribution in [0.2, 0.25) is 0 Å². The van der Waals surface area contributed by atoms with Crippen molar-refractivity contribution in [3.8, 4) is 5.69 Å². The van der Waals surface area contributed by atoms with Gasteiger partial charge in [0, 0.05) is 23.6 Å². The zero-order valence-electron chi connectivity index (χ0n) is 18.1. The van der Waals surface area contributed by atoms with Crippen molar-refractivity contribution in [1.29, 1.82) is 0 Å². The maximum atomic E-state index is 13.4. The fraction of sp³-hybridized carbons (Fsp3) is 0.217. The van der Waals surface area contributed by atoms with Gasteiger partial charge < -0.3 is 5.32 Å². The smallest absolute Gasteiger partial charge is 0.256 e. The molecule has 3 aromatic rings. The van der Waals surface area contributed by atoms with Crippen LogP contribution in [0, 0.1) is 5.82 Å². The molecule has 7 nitrogen and oxygen atoms in total. The minimum atomic E-state index is -3.78. The monoisotopic (exact) mass is 456 g/mol. The Balaban J connectivity index is 1.96. The number of amides is 1. The van der Waals surface area contributed by atoms with Crippen LogP contribution in [-0.4, -0.2) is 30.7 Å². The van der Waals surface area contributed by atoms with Gasteiger partial charge in [0.15, 0.2) is 0 Å². The fourth-order valence-electron chi connectivity index (χ4n) is 2.86. The van der Waals surface area contributed by atoms with Gasteiger partial charge in [-0.05, 0) is 42.5 Å². The number of halogens is 1. The van der Waals surface area contributed by atoms with Crippen LogP contribution in [0.1, 0.15) is 36.8 Å². The minimum Gasteiger partial charge on any atom is -0.306 e. The minimum absolute atomic E-state index is 0.0329. The molecule has 0 atom stereocenters. The maximum Gasteiger partial charge on any atom is 0.256 e. The lowest BCUT2D eigenvalue weighted by atomic mass is 9.92. The molecule has 0 bridgehead atoms. The molecular formula is C23H25FN4O3S. The summed E-state index contributed by atoms with van der Waals surface area (Å²) in [5, 5.41) is 7.37. The number of nitrogens with one attached hydrogen (secondary N) is 2. The molecule has 0 aliphatic carbocycles. The van der Waals surface area contributed by atoms with Gasteiger partial charge in [0.05, 0.1) is 16.3 Å². The fourth-order valence-corrected chi connectivity index (χ4v) is 3.90. The number of aromatic nitrogens is 2. The Morgan fingerprint density at radius 1 is 1.16 bits per heavy atom. The quantitative estimate of drug-likeness (QED) is 0.525. The number of nitrogens with zero attached hydrogens (tertiary/aromatic N) is 2. The van der Waals surface area contributed by atoms with E-state index in [9.17, 15) is 17.6 Å². The number of hydrogen-bond donors (Lipinski definition) is 2. The van der Waals surface area contributed by atoms with E-state index in [1.807, 2.05) is 20.8 Å². The van der Waals surface area contributed by atoms with Gasteiger partial charge in [-0.2, -0.15) is 5.10 Å². The van der Waals surface area contributed by atoms with Crippen LogP contribution in [0.5, 0.6) is 0 Å². The molecule has 1 aromatic heterocycles. The van der Waals surface area contributed by atoms with E-state index in [1.165, 1.54) is 47.2 Å². The van der Waals surface area contributed by atoms with E-state index in [2.05, 4.69) is 21.7 Å². The Hall–Kier alpha value is -3.30. The third-order valence-electron chi connectivity index (χ3n) is 4.61. The van der Waals surface area contributed by atoms with Gasteiger partial charge in [0.25, 0.3) is 5.91 Å². The molecule has 2 N–H and O–H groups in total. The van der Waals surface area contributed by atoms with Crippen molar-refractivity contribution in [2.75, 3.05) is 11.9 Å². The standard InChI is InChI=1S/C23H25FN4O3S/c1-5-13-25-32(30,31)19-8-6-7-16(14-19)22(29)26-21-15-20(23(2,3)4)27-28(21)18-11-9-17(24)10-12-18/h5-12,14-15,25H,1,13H2,2-4H3,(H,26,29). The zero-order chi connectivity index (χ0) is 23.5. The molecule has 0 unspecified atom stereocenters. The average molecular weight is 457 g/mol. The van der Waals surface area contributed by atoms with E-state index in [0.717, 1.165) is 5.69 Å². The first kappa shape index (κ1) is 23.4. The molecule has 0 radical (unpaired) electrons. The first-order valence-electron chi connectivity index (χ1n) is 9.90. The third-order valence-corrected chi connectivity index (χ3v) is 6.04. The predicted molar refractivity (Wildman–Crippen MR) is 122 cm³/mol. The van der Waals surface area contributed by atoms with E-state index < -0.39 is 15.9 Å². The average Bonchev–Trinajstić information content (AvgIpc) is 3.17. The van der Waals surface area contributed by atoms with E-state index in [0.29, 0.717) is 11.5 Å². The van der Waals surface area contributed by atoms with Gasteiger partial charge >= 0.3 is 0 Å². The van der Waals surface area contributed by atoms with Crippen LogP contribution >= 0.6 is 0 Å². The number of benzene rings is 2. The molecule has 0 saturated heterocycles. The highest BCUT2D eigenvalue weighted by Crippen LogP contribution is 2.27. The predicted octanol–water partition coefficient (Wildman–Crippen LogP) is 4.03. The Labute approximate surface area is 187 Å². The van der Waals surface area contributed by atoms with Gasteiger partial charge in [-0.3, -0.25) is 4.79 Å². The zero-order valence-corrected chi connectivity index (χ0v) is 18.9. The summed E-state index contributed by atoms with van der Waals surface area (Å²) >= 11 is 0. The Bertz CT molecular complexity index is 1240. The Morgan fingerprint density at radius 2 is 1.84 bits per heavy atom. The van der Waals surface area contributed by atoms with E-state index in [1.54, 1.807) is 18.2 Å². The van der Waals surface area contributed by atoms with Crippen LogP contribution < -0.4 is 10.0 Å². The second-order valence-corrected chi connectivity index (χ2v) is 9.94. The molecule has 0 aliphatic rings. The number of carbonyl (C=O) groups excluding carboxylic acids is 1. The molecule has 1 heterocycles. The third kappa shape index (κ3) is 5.30. The molecule has 0 fully saturated rings. The highest BCUT2D eigenvalue weighted by atomic mass is 32.2. The van der Waals surface area contributed by atoms with Crippen molar-refractivity contribution in [2.45, 2.75) is 31.1 Å². The molecule has 0 saturated carbocycles. The maximum absolute atomic E-state index is 13.4. The number of sulfonamides is 1. The molecule has 1 amide bonds. The lowest BCUT2D eigenvalue weighted by Gasteiger charge is -2.14. The van der Waals surface area contributed by atoms with Crippen molar-refractivity contribution in [3.05, 3.63) is 84.3 Å². The summed E-state index contributed by atoms with van der Waals surface area (Å²) in [5.74, 6) is -0.510. The van der Waals surface area contributed by atoms with Crippen molar-refractivity contribution in [2.24, 2.45) is 0 Å². The second-order valence-electron chi connectivity index (χ2n) is 8.18. The molecule has 2 aromatic carbocycles. The topological polar surface area (TPSA) is 93.1 Å². The summed E-state index contributed by atoms with van der Waals surface area (Å²) in [7, 11) is -3.78. The number of anilines is 1. The summed E-state index contributed by atoms with van der Waals surface area (Å²) in [5.41, 5.74) is 1.16. The van der Waals surface area contributed by atoms with Crippen molar-refractivity contribution >= 4 is 21.7 Å². The lowest BCUT2D eigenvalue weighted by molar-refractivity contribution is 0.102. The number of hydrogen-bond acceptors (Lipinski definition) is 4. The molecule has 32 heavy (non-hydrogen) atoms. The van der Waals surface area contributed by atoms with Crippen molar-refractivity contribution in [3.63, 3.8) is 0 Å². The Kier molecular flexibility index (Phi) is 6.61. The summed E-state index contributed by atoms with van der Waals surface area (Å²) in [6, 6.07) is 13.2. The van der Waals surface area contributed by atoms with Gasteiger partial charge in [0.1, 0.15) is 11.6 Å². The molecule has 0 spiro atoms. The van der Waals surface area contributed by atoms with Gasteiger partial charge in [-0.15, -0.1) is 6.58 Å². The molecular weight excluding hydrogens is 431 g/mol. The van der Waals surface area contributed by atoms with Crippen LogP contribution in [-0.2, 0) is 15.4 Å². The van der Waals surface area contributed by atoms with Crippen LogP contribution in [0.25, 0.3) is 5.69 Å². The number of rotatable bonds is 7. The van der Waals surface area contributed by atoms with Crippen LogP contribution in [0.3, 0.4) is 0 Å². The summed E-state index contributed by atoms with van der Waals surface area (Å²) in [6.07, 6.45) is 1.43. The van der Waals surface area contributed by atoms with Crippen molar-refractivity contribution in [1.82, 2.24) is 14.5 Å². The summed E-state index contributed by atoms with van der Waals surface area (Å²) in [4.78, 5) is 12.9. The van der Waals surface area contributed by atoms with Crippen LogP contribution in [0.15, 0.2) is 72.1 Å². The van der Waals surface area contributed by atoms with Crippen LogP contribution in [0.4, 0.5) is 10.2 Å².